The number of nitrogens with zero attached hydrogens (tertiary/aromatic N) is 2. The van der Waals surface area contributed by atoms with Crippen LogP contribution in [0.4, 0.5) is 0 Å². The summed E-state index contributed by atoms with van der Waals surface area (Å²) in [6, 6.07) is 10.6. The Hall–Kier alpha value is -1.94. The van der Waals surface area contributed by atoms with Gasteiger partial charge in [-0.05, 0) is 24.9 Å². The van der Waals surface area contributed by atoms with Gasteiger partial charge in [-0.2, -0.15) is 0 Å². The average molecular weight is 269 g/mol. The quantitative estimate of drug-likeness (QED) is 0.905. The molecule has 3 rings (SSSR count). The lowest BCUT2D eigenvalue weighted by molar-refractivity contribution is 0.303. The molecule has 2 aromatic rings. The third-order valence-electron chi connectivity index (χ3n) is 3.52. The molecule has 1 unspecified atom stereocenters. The standard InChI is InChI=1S/C16H19N3O/c1-2-5-13(6-3-1)12-20-15-10-18-16(19-11-15)9-14-7-4-8-17-14/h1-3,5-6,10-11,14,17H,4,7-9,12H2. The first-order valence-electron chi connectivity index (χ1n) is 7.11. The van der Waals surface area contributed by atoms with E-state index in [1.165, 1.54) is 12.8 Å². The molecule has 2 heterocycles. The molecule has 4 heteroatoms. The summed E-state index contributed by atoms with van der Waals surface area (Å²) in [6.45, 7) is 1.66. The molecule has 0 radical (unpaired) electrons. The topological polar surface area (TPSA) is 47.0 Å². The monoisotopic (exact) mass is 269 g/mol. The lowest BCUT2D eigenvalue weighted by atomic mass is 10.1. The maximum atomic E-state index is 5.68. The molecule has 0 bridgehead atoms. The molecule has 1 aromatic carbocycles. The van der Waals surface area contributed by atoms with Crippen LogP contribution in [0.3, 0.4) is 0 Å². The van der Waals surface area contributed by atoms with E-state index in [2.05, 4.69) is 15.3 Å². The zero-order valence-electron chi connectivity index (χ0n) is 11.5. The van der Waals surface area contributed by atoms with Gasteiger partial charge in [0.25, 0.3) is 0 Å². The van der Waals surface area contributed by atoms with Crippen molar-refractivity contribution in [2.24, 2.45) is 0 Å². The first kappa shape index (κ1) is 13.1. The van der Waals surface area contributed by atoms with E-state index in [9.17, 15) is 0 Å². The molecular weight excluding hydrogens is 250 g/mol. The molecule has 0 saturated carbocycles. The highest BCUT2D eigenvalue weighted by Crippen LogP contribution is 2.13. The van der Waals surface area contributed by atoms with Gasteiger partial charge in [-0.1, -0.05) is 30.3 Å². The number of nitrogens with one attached hydrogen (secondary N) is 1. The fourth-order valence-corrected chi connectivity index (χ4v) is 2.42. The van der Waals surface area contributed by atoms with E-state index in [1.54, 1.807) is 12.4 Å². The van der Waals surface area contributed by atoms with Gasteiger partial charge in [-0.3, -0.25) is 0 Å². The molecule has 1 fully saturated rings. The highest BCUT2D eigenvalue weighted by molar-refractivity contribution is 5.17. The Morgan fingerprint density at radius 3 is 2.65 bits per heavy atom. The van der Waals surface area contributed by atoms with E-state index >= 15 is 0 Å². The number of benzene rings is 1. The summed E-state index contributed by atoms with van der Waals surface area (Å²) in [5.74, 6) is 1.61. The minimum Gasteiger partial charge on any atom is -0.486 e. The second-order valence-electron chi connectivity index (χ2n) is 5.11. The van der Waals surface area contributed by atoms with Gasteiger partial charge >= 0.3 is 0 Å². The van der Waals surface area contributed by atoms with E-state index in [0.717, 1.165) is 30.1 Å². The van der Waals surface area contributed by atoms with E-state index in [0.29, 0.717) is 12.6 Å². The van der Waals surface area contributed by atoms with Crippen LogP contribution in [0, 0.1) is 0 Å². The van der Waals surface area contributed by atoms with Gasteiger partial charge < -0.3 is 10.1 Å². The second kappa shape index (κ2) is 6.48. The molecule has 1 saturated heterocycles. The second-order valence-corrected chi connectivity index (χ2v) is 5.11. The molecule has 4 nitrogen and oxygen atoms in total. The fourth-order valence-electron chi connectivity index (χ4n) is 2.42. The summed E-state index contributed by atoms with van der Waals surface area (Å²) in [7, 11) is 0. The molecule has 1 aromatic heterocycles. The lowest BCUT2D eigenvalue weighted by Crippen LogP contribution is -2.24. The van der Waals surface area contributed by atoms with Crippen LogP contribution < -0.4 is 10.1 Å². The van der Waals surface area contributed by atoms with Crippen molar-refractivity contribution in [2.45, 2.75) is 31.9 Å². The van der Waals surface area contributed by atoms with Crippen molar-refractivity contribution >= 4 is 0 Å². The molecule has 1 atom stereocenters. The normalized spacial score (nSPS) is 18.1. The largest absolute Gasteiger partial charge is 0.486 e. The van der Waals surface area contributed by atoms with Gasteiger partial charge in [0.1, 0.15) is 12.4 Å². The van der Waals surface area contributed by atoms with Crippen LogP contribution in [0.1, 0.15) is 24.2 Å². The Bertz CT molecular complexity index is 521. The zero-order valence-corrected chi connectivity index (χ0v) is 11.5. The van der Waals surface area contributed by atoms with Crippen LogP contribution in [-0.2, 0) is 13.0 Å². The first-order valence-corrected chi connectivity index (χ1v) is 7.11. The molecular formula is C16H19N3O. The predicted octanol–water partition coefficient (Wildman–Crippen LogP) is 2.35. The van der Waals surface area contributed by atoms with Crippen LogP contribution in [0.15, 0.2) is 42.7 Å². The van der Waals surface area contributed by atoms with Crippen LogP contribution in [-0.4, -0.2) is 22.6 Å². The maximum absolute atomic E-state index is 5.68. The van der Waals surface area contributed by atoms with Crippen molar-refractivity contribution in [3.63, 3.8) is 0 Å². The Morgan fingerprint density at radius 2 is 1.95 bits per heavy atom. The third kappa shape index (κ3) is 3.54. The summed E-state index contributed by atoms with van der Waals surface area (Å²) in [4.78, 5) is 8.76. The summed E-state index contributed by atoms with van der Waals surface area (Å²) in [5.41, 5.74) is 1.15. The minimum absolute atomic E-state index is 0.533. The van der Waals surface area contributed by atoms with Crippen molar-refractivity contribution in [2.75, 3.05) is 6.54 Å². The van der Waals surface area contributed by atoms with E-state index in [1.807, 2.05) is 30.3 Å². The number of rotatable bonds is 5. The van der Waals surface area contributed by atoms with Gasteiger partial charge in [-0.15, -0.1) is 0 Å². The molecule has 104 valence electrons. The maximum Gasteiger partial charge on any atom is 0.156 e. The number of ether oxygens (including phenoxy) is 1. The van der Waals surface area contributed by atoms with Gasteiger partial charge in [0.2, 0.25) is 0 Å². The summed E-state index contributed by atoms with van der Waals surface area (Å²) in [5, 5.41) is 3.46. The highest BCUT2D eigenvalue weighted by Gasteiger charge is 2.15. The number of hydrogen-bond acceptors (Lipinski definition) is 4. The van der Waals surface area contributed by atoms with Crippen LogP contribution >= 0.6 is 0 Å². The molecule has 20 heavy (non-hydrogen) atoms. The van der Waals surface area contributed by atoms with Crippen molar-refractivity contribution < 1.29 is 4.74 Å². The summed E-state index contributed by atoms with van der Waals surface area (Å²) in [6.07, 6.45) is 6.90. The molecule has 0 amide bonds. The SMILES string of the molecule is c1ccc(COc2cnc(CC3CCCN3)nc2)cc1. The van der Waals surface area contributed by atoms with E-state index in [4.69, 9.17) is 4.74 Å². The molecule has 1 aliphatic rings. The number of hydrogen-bond donors (Lipinski definition) is 1. The Balaban J connectivity index is 1.53. The van der Waals surface area contributed by atoms with Crippen molar-refractivity contribution in [1.29, 1.82) is 0 Å². The third-order valence-corrected chi connectivity index (χ3v) is 3.52. The lowest BCUT2D eigenvalue weighted by Gasteiger charge is -2.09. The van der Waals surface area contributed by atoms with Crippen LogP contribution in [0.5, 0.6) is 5.75 Å². The predicted molar refractivity (Wildman–Crippen MR) is 77.5 cm³/mol. The van der Waals surface area contributed by atoms with Crippen molar-refractivity contribution in [3.05, 3.63) is 54.1 Å². The Morgan fingerprint density at radius 1 is 1.15 bits per heavy atom. The van der Waals surface area contributed by atoms with E-state index < -0.39 is 0 Å². The van der Waals surface area contributed by atoms with Crippen molar-refractivity contribution in [3.8, 4) is 5.75 Å². The molecule has 0 spiro atoms. The van der Waals surface area contributed by atoms with Gasteiger partial charge in [0, 0.05) is 12.5 Å². The van der Waals surface area contributed by atoms with E-state index in [-0.39, 0.29) is 0 Å². The minimum atomic E-state index is 0.533. The van der Waals surface area contributed by atoms with Crippen molar-refractivity contribution in [1.82, 2.24) is 15.3 Å². The molecule has 0 aliphatic carbocycles. The average Bonchev–Trinajstić information content (AvgIpc) is 3.01. The highest BCUT2D eigenvalue weighted by atomic mass is 16.5. The summed E-state index contributed by atoms with van der Waals surface area (Å²) < 4.78 is 5.68. The molecule has 1 N–H and O–H groups in total. The van der Waals surface area contributed by atoms with Gasteiger partial charge in [0.15, 0.2) is 5.75 Å². The van der Waals surface area contributed by atoms with Crippen LogP contribution in [0.25, 0.3) is 0 Å². The first-order chi connectivity index (χ1) is 9.90. The van der Waals surface area contributed by atoms with Crippen LogP contribution in [0.2, 0.25) is 0 Å². The number of aromatic nitrogens is 2. The Kier molecular flexibility index (Phi) is 4.23. The zero-order chi connectivity index (χ0) is 13.6. The summed E-state index contributed by atoms with van der Waals surface area (Å²) >= 11 is 0. The van der Waals surface area contributed by atoms with Gasteiger partial charge in [0.05, 0.1) is 12.4 Å². The fraction of sp³-hybridized carbons (Fsp3) is 0.375. The van der Waals surface area contributed by atoms with Gasteiger partial charge in [-0.25, -0.2) is 9.97 Å². The smallest absolute Gasteiger partial charge is 0.156 e. The Labute approximate surface area is 119 Å². The molecule has 1 aliphatic heterocycles.